The number of hydrogen-bond donors (Lipinski definition) is 4. The van der Waals surface area contributed by atoms with Crippen molar-refractivity contribution in [1.29, 1.82) is 5.41 Å². The zero-order valence-corrected chi connectivity index (χ0v) is 22.4. The van der Waals surface area contributed by atoms with Gasteiger partial charge in [-0.1, -0.05) is 13.0 Å². The van der Waals surface area contributed by atoms with Gasteiger partial charge in [0.2, 0.25) is 0 Å². The summed E-state index contributed by atoms with van der Waals surface area (Å²) >= 11 is 0. The zero-order chi connectivity index (χ0) is 27.1. The maximum Gasteiger partial charge on any atom is 0.251 e. The largest absolute Gasteiger partial charge is 0.496 e. The maximum atomic E-state index is 12.0. The van der Waals surface area contributed by atoms with Crippen LogP contribution in [0.3, 0.4) is 0 Å². The Hall–Kier alpha value is -4.05. The fourth-order valence-electron chi connectivity index (χ4n) is 4.58. The number of nitrogens with zero attached hydrogens (tertiary/aromatic N) is 4. The van der Waals surface area contributed by atoms with Crippen LogP contribution in [0.4, 0.5) is 11.6 Å². The van der Waals surface area contributed by atoms with Gasteiger partial charge in [0.05, 0.1) is 12.8 Å². The molecule has 200 valence electrons. The standard InChI is InChI=1S/C28H36N8O2/c1-18(23-6-5-19(28(37)30-2)12-25(23)38-4)15-31-26-13-24(33-17-34-26)21-11-20(14-29)27(32-16-21)35-22-7-9-36(3)10-8-22/h5-6,11-14,16-18,22,29H,7-10,15H2,1-4H3,(H,30,37)(H,32,35)(H,31,33,34). The van der Waals surface area contributed by atoms with Crippen molar-refractivity contribution in [3.05, 3.63) is 59.5 Å². The second kappa shape index (κ2) is 12.5. The van der Waals surface area contributed by atoms with E-state index in [9.17, 15) is 4.79 Å². The van der Waals surface area contributed by atoms with Crippen LogP contribution in [-0.4, -0.2) is 78.9 Å². The number of hydrogen-bond acceptors (Lipinski definition) is 9. The first-order valence-electron chi connectivity index (χ1n) is 12.8. The van der Waals surface area contributed by atoms with Crippen molar-refractivity contribution in [3.63, 3.8) is 0 Å². The van der Waals surface area contributed by atoms with E-state index in [1.807, 2.05) is 18.2 Å². The van der Waals surface area contributed by atoms with E-state index in [1.165, 1.54) is 12.5 Å². The molecule has 38 heavy (non-hydrogen) atoms. The van der Waals surface area contributed by atoms with Crippen molar-refractivity contribution in [2.24, 2.45) is 0 Å². The van der Waals surface area contributed by atoms with Crippen LogP contribution in [0.1, 0.15) is 47.2 Å². The van der Waals surface area contributed by atoms with Crippen molar-refractivity contribution >= 4 is 23.8 Å². The third-order valence-electron chi connectivity index (χ3n) is 6.94. The summed E-state index contributed by atoms with van der Waals surface area (Å²) in [5.41, 5.74) is 3.83. The lowest BCUT2D eigenvalue weighted by Crippen LogP contribution is -2.37. The summed E-state index contributed by atoms with van der Waals surface area (Å²) in [5, 5.41) is 17.5. The number of methoxy groups -OCH3 is 1. The number of ether oxygens (including phenoxy) is 1. The highest BCUT2D eigenvalue weighted by molar-refractivity contribution is 5.94. The van der Waals surface area contributed by atoms with E-state index in [4.69, 9.17) is 10.1 Å². The zero-order valence-electron chi connectivity index (χ0n) is 22.4. The van der Waals surface area contributed by atoms with Gasteiger partial charge in [-0.2, -0.15) is 0 Å². The van der Waals surface area contributed by atoms with Crippen molar-refractivity contribution in [3.8, 4) is 17.0 Å². The van der Waals surface area contributed by atoms with Crippen LogP contribution in [0.2, 0.25) is 0 Å². The van der Waals surface area contributed by atoms with E-state index >= 15 is 0 Å². The molecule has 4 N–H and O–H groups in total. The van der Waals surface area contributed by atoms with Gasteiger partial charge in [0, 0.05) is 60.7 Å². The molecule has 1 aliphatic rings. The Morgan fingerprint density at radius 1 is 1.21 bits per heavy atom. The minimum Gasteiger partial charge on any atom is -0.496 e. The number of benzene rings is 1. The Bertz CT molecular complexity index is 1270. The van der Waals surface area contributed by atoms with Gasteiger partial charge in [-0.3, -0.25) is 4.79 Å². The van der Waals surface area contributed by atoms with Crippen LogP contribution in [0.5, 0.6) is 5.75 Å². The van der Waals surface area contributed by atoms with Crippen LogP contribution in [-0.2, 0) is 0 Å². The van der Waals surface area contributed by atoms with Gasteiger partial charge in [0.25, 0.3) is 5.91 Å². The van der Waals surface area contributed by atoms with Gasteiger partial charge in [0.15, 0.2) is 0 Å². The summed E-state index contributed by atoms with van der Waals surface area (Å²) in [4.78, 5) is 27.7. The van der Waals surface area contributed by atoms with E-state index in [2.05, 4.69) is 49.8 Å². The summed E-state index contributed by atoms with van der Waals surface area (Å²) in [5.74, 6) is 2.03. The van der Waals surface area contributed by atoms with E-state index in [0.717, 1.165) is 54.1 Å². The molecule has 0 aliphatic carbocycles. The highest BCUT2D eigenvalue weighted by Crippen LogP contribution is 2.29. The molecule has 4 rings (SSSR count). The van der Waals surface area contributed by atoms with Crippen molar-refractivity contribution < 1.29 is 9.53 Å². The van der Waals surface area contributed by atoms with E-state index in [0.29, 0.717) is 29.7 Å². The molecule has 1 atom stereocenters. The first kappa shape index (κ1) is 27.0. The average Bonchev–Trinajstić information content (AvgIpc) is 2.96. The Kier molecular flexibility index (Phi) is 8.85. The number of rotatable bonds is 10. The van der Waals surface area contributed by atoms with Crippen LogP contribution in [0.15, 0.2) is 42.9 Å². The SMILES string of the molecule is CNC(=O)c1ccc(C(C)CNc2cc(-c3cnc(NC4CCN(C)CC4)c(C=N)c3)ncn2)c(OC)c1. The fraction of sp³-hybridized carbons (Fsp3) is 0.393. The normalized spacial score (nSPS) is 14.9. The number of piperidine rings is 1. The predicted octanol–water partition coefficient (Wildman–Crippen LogP) is 3.63. The number of anilines is 2. The molecule has 3 aromatic rings. The summed E-state index contributed by atoms with van der Waals surface area (Å²) < 4.78 is 5.55. The Balaban J connectivity index is 1.44. The number of amides is 1. The number of aromatic nitrogens is 3. The van der Waals surface area contributed by atoms with Crippen molar-refractivity contribution in [2.75, 3.05) is 51.5 Å². The molecule has 2 aromatic heterocycles. The third kappa shape index (κ3) is 6.44. The molecule has 10 heteroatoms. The smallest absolute Gasteiger partial charge is 0.251 e. The summed E-state index contributed by atoms with van der Waals surface area (Å²) in [7, 11) is 5.35. The molecular formula is C28H36N8O2. The lowest BCUT2D eigenvalue weighted by molar-refractivity contribution is 0.0962. The molecule has 1 unspecified atom stereocenters. The second-order valence-electron chi connectivity index (χ2n) is 9.63. The molecular weight excluding hydrogens is 480 g/mol. The third-order valence-corrected chi connectivity index (χ3v) is 6.94. The lowest BCUT2D eigenvalue weighted by atomic mass is 9.98. The van der Waals surface area contributed by atoms with E-state index in [1.54, 1.807) is 32.5 Å². The number of nitrogens with one attached hydrogen (secondary N) is 4. The van der Waals surface area contributed by atoms with Gasteiger partial charge in [-0.25, -0.2) is 15.0 Å². The predicted molar refractivity (Wildman–Crippen MR) is 151 cm³/mol. The number of carbonyl (C=O) groups excluding carboxylic acids is 1. The molecule has 1 aromatic carbocycles. The average molecular weight is 517 g/mol. The molecule has 0 radical (unpaired) electrons. The second-order valence-corrected chi connectivity index (χ2v) is 9.63. The molecule has 3 heterocycles. The molecule has 0 saturated carbocycles. The van der Waals surface area contributed by atoms with Crippen molar-refractivity contribution in [1.82, 2.24) is 25.2 Å². The lowest BCUT2D eigenvalue weighted by Gasteiger charge is -2.30. The first-order chi connectivity index (χ1) is 18.4. The number of carbonyl (C=O) groups is 1. The Labute approximate surface area is 223 Å². The topological polar surface area (TPSA) is 128 Å². The number of pyridine rings is 1. The van der Waals surface area contributed by atoms with Gasteiger partial charge in [0.1, 0.15) is 23.7 Å². The van der Waals surface area contributed by atoms with E-state index < -0.39 is 0 Å². The molecule has 1 fully saturated rings. The minimum absolute atomic E-state index is 0.0956. The molecule has 10 nitrogen and oxygen atoms in total. The minimum atomic E-state index is -0.152. The Morgan fingerprint density at radius 3 is 2.71 bits per heavy atom. The van der Waals surface area contributed by atoms with Gasteiger partial charge >= 0.3 is 0 Å². The highest BCUT2D eigenvalue weighted by Gasteiger charge is 2.19. The van der Waals surface area contributed by atoms with Crippen LogP contribution >= 0.6 is 0 Å². The van der Waals surface area contributed by atoms with Gasteiger partial charge in [-0.05, 0) is 56.7 Å². The molecule has 1 saturated heterocycles. The summed E-state index contributed by atoms with van der Waals surface area (Å²) in [6.07, 6.45) is 6.76. The van der Waals surface area contributed by atoms with Crippen molar-refractivity contribution in [2.45, 2.75) is 31.7 Å². The monoisotopic (exact) mass is 516 g/mol. The first-order valence-corrected chi connectivity index (χ1v) is 12.8. The van der Waals surface area contributed by atoms with Crippen LogP contribution in [0.25, 0.3) is 11.3 Å². The van der Waals surface area contributed by atoms with E-state index in [-0.39, 0.29) is 11.8 Å². The Morgan fingerprint density at radius 2 is 2.00 bits per heavy atom. The summed E-state index contributed by atoms with van der Waals surface area (Å²) in [6, 6.07) is 9.66. The molecule has 0 spiro atoms. The van der Waals surface area contributed by atoms with Crippen LogP contribution < -0.4 is 20.7 Å². The van der Waals surface area contributed by atoms with Crippen LogP contribution in [0, 0.1) is 5.41 Å². The molecule has 0 bridgehead atoms. The quantitative estimate of drug-likeness (QED) is 0.301. The maximum absolute atomic E-state index is 12.0. The number of likely N-dealkylation sites (tertiary alicyclic amines) is 1. The molecule has 1 aliphatic heterocycles. The molecule has 1 amide bonds. The highest BCUT2D eigenvalue weighted by atomic mass is 16.5. The van der Waals surface area contributed by atoms with Gasteiger partial charge in [-0.15, -0.1) is 0 Å². The van der Waals surface area contributed by atoms with Gasteiger partial charge < -0.3 is 31.0 Å². The fourth-order valence-corrected chi connectivity index (χ4v) is 4.58. The summed E-state index contributed by atoms with van der Waals surface area (Å²) in [6.45, 7) is 4.80.